The number of carbonyl (C=O) groups is 1. The van der Waals surface area contributed by atoms with Crippen molar-refractivity contribution in [1.82, 2.24) is 15.3 Å². The Balaban J connectivity index is 1.46. The summed E-state index contributed by atoms with van der Waals surface area (Å²) < 4.78 is 10.8. The van der Waals surface area contributed by atoms with E-state index < -0.39 is 0 Å². The standard InChI is InChI=1S/C26H26N4O4S/c1-17(18-6-4-3-5-7-18)28-25(32)24-11-10-23(35-24)20-12-13-27-26(30-20)29-19-8-9-21(33-2)22(16-19)34-15-14-31/h3-13,16-17,31H,14-15H2,1-2H3,(H,28,32)(H,27,29,30)/t17-/m1/s1. The van der Waals surface area contributed by atoms with E-state index in [1.165, 1.54) is 11.3 Å². The third-order valence-electron chi connectivity index (χ3n) is 5.15. The molecule has 0 bridgehead atoms. The number of nitrogens with zero attached hydrogens (tertiary/aromatic N) is 2. The molecule has 35 heavy (non-hydrogen) atoms. The highest BCUT2D eigenvalue weighted by atomic mass is 32.1. The van der Waals surface area contributed by atoms with Crippen molar-refractivity contribution in [1.29, 1.82) is 0 Å². The number of aromatic nitrogens is 2. The average Bonchev–Trinajstić information content (AvgIpc) is 3.39. The molecule has 1 atom stereocenters. The molecule has 1 amide bonds. The van der Waals surface area contributed by atoms with Gasteiger partial charge >= 0.3 is 0 Å². The first kappa shape index (κ1) is 24.2. The van der Waals surface area contributed by atoms with E-state index in [0.29, 0.717) is 33.7 Å². The lowest BCUT2D eigenvalue weighted by atomic mass is 10.1. The van der Waals surface area contributed by atoms with Crippen molar-refractivity contribution in [3.63, 3.8) is 0 Å². The predicted molar refractivity (Wildman–Crippen MR) is 137 cm³/mol. The van der Waals surface area contributed by atoms with Gasteiger partial charge in [-0.3, -0.25) is 4.79 Å². The number of hydrogen-bond acceptors (Lipinski definition) is 8. The fourth-order valence-corrected chi connectivity index (χ4v) is 4.28. The Bertz CT molecular complexity index is 1280. The van der Waals surface area contributed by atoms with E-state index >= 15 is 0 Å². The summed E-state index contributed by atoms with van der Waals surface area (Å²) in [7, 11) is 1.55. The van der Waals surface area contributed by atoms with Crippen molar-refractivity contribution >= 4 is 28.9 Å². The summed E-state index contributed by atoms with van der Waals surface area (Å²) in [6.45, 7) is 2.02. The Morgan fingerprint density at radius 2 is 1.91 bits per heavy atom. The maximum absolute atomic E-state index is 12.8. The SMILES string of the molecule is COc1ccc(Nc2nccc(-c3ccc(C(=O)N[C@H](C)c4ccccc4)s3)n2)cc1OCCO. The highest BCUT2D eigenvalue weighted by Crippen LogP contribution is 2.32. The van der Waals surface area contributed by atoms with Crippen molar-refractivity contribution in [3.05, 3.63) is 83.4 Å². The topological polar surface area (TPSA) is 106 Å². The van der Waals surface area contributed by atoms with Gasteiger partial charge in [0.1, 0.15) is 6.61 Å². The van der Waals surface area contributed by atoms with Gasteiger partial charge in [-0.1, -0.05) is 30.3 Å². The van der Waals surface area contributed by atoms with Crippen LogP contribution >= 0.6 is 11.3 Å². The fourth-order valence-electron chi connectivity index (χ4n) is 3.40. The number of anilines is 2. The van der Waals surface area contributed by atoms with Crippen LogP contribution in [0.3, 0.4) is 0 Å². The van der Waals surface area contributed by atoms with Crippen LogP contribution in [0.15, 0.2) is 72.9 Å². The first-order chi connectivity index (χ1) is 17.1. The summed E-state index contributed by atoms with van der Waals surface area (Å²) in [5.74, 6) is 1.34. The zero-order chi connectivity index (χ0) is 24.6. The number of aliphatic hydroxyl groups excluding tert-OH is 1. The van der Waals surface area contributed by atoms with E-state index in [1.807, 2.05) is 49.4 Å². The Labute approximate surface area is 207 Å². The number of rotatable bonds is 10. The molecule has 0 radical (unpaired) electrons. The minimum absolute atomic E-state index is 0.0974. The van der Waals surface area contributed by atoms with E-state index in [9.17, 15) is 4.79 Å². The minimum Gasteiger partial charge on any atom is -0.493 e. The molecule has 0 saturated carbocycles. The number of benzene rings is 2. The second kappa shape index (κ2) is 11.5. The molecule has 180 valence electrons. The van der Waals surface area contributed by atoms with E-state index in [-0.39, 0.29) is 25.2 Å². The molecule has 0 spiro atoms. The molecule has 2 aromatic carbocycles. The van der Waals surface area contributed by atoms with Gasteiger partial charge < -0.3 is 25.2 Å². The largest absolute Gasteiger partial charge is 0.493 e. The number of hydrogen-bond donors (Lipinski definition) is 3. The monoisotopic (exact) mass is 490 g/mol. The zero-order valence-corrected chi connectivity index (χ0v) is 20.2. The predicted octanol–water partition coefficient (Wildman–Crippen LogP) is 4.82. The fraction of sp³-hybridized carbons (Fsp3) is 0.192. The molecular formula is C26H26N4O4S. The first-order valence-electron chi connectivity index (χ1n) is 11.0. The number of amides is 1. The van der Waals surface area contributed by atoms with Gasteiger partial charge in [0.25, 0.3) is 5.91 Å². The van der Waals surface area contributed by atoms with Gasteiger partial charge in [0.15, 0.2) is 11.5 Å². The van der Waals surface area contributed by atoms with Crippen LogP contribution in [0.5, 0.6) is 11.5 Å². The van der Waals surface area contributed by atoms with E-state index in [2.05, 4.69) is 20.6 Å². The van der Waals surface area contributed by atoms with Crippen LogP contribution < -0.4 is 20.1 Å². The maximum atomic E-state index is 12.8. The Morgan fingerprint density at radius 1 is 1.09 bits per heavy atom. The number of carbonyl (C=O) groups excluding carboxylic acids is 1. The molecule has 8 nitrogen and oxygen atoms in total. The van der Waals surface area contributed by atoms with Gasteiger partial charge in [-0.05, 0) is 42.8 Å². The van der Waals surface area contributed by atoms with Crippen molar-refractivity contribution in [2.75, 3.05) is 25.6 Å². The lowest BCUT2D eigenvalue weighted by Gasteiger charge is -2.13. The summed E-state index contributed by atoms with van der Waals surface area (Å²) in [6, 6.07) is 20.6. The molecule has 2 aromatic heterocycles. The summed E-state index contributed by atoms with van der Waals surface area (Å²) in [5.41, 5.74) is 2.46. The zero-order valence-electron chi connectivity index (χ0n) is 19.4. The molecule has 0 aliphatic rings. The number of nitrogens with one attached hydrogen (secondary N) is 2. The summed E-state index contributed by atoms with van der Waals surface area (Å²) >= 11 is 1.37. The second-order valence-electron chi connectivity index (χ2n) is 7.60. The Kier molecular flexibility index (Phi) is 7.92. The summed E-state index contributed by atoms with van der Waals surface area (Å²) in [6.07, 6.45) is 1.66. The molecule has 0 aliphatic heterocycles. The van der Waals surface area contributed by atoms with Gasteiger partial charge in [-0.2, -0.15) is 0 Å². The summed E-state index contributed by atoms with van der Waals surface area (Å²) in [4.78, 5) is 23.1. The Morgan fingerprint density at radius 3 is 2.69 bits per heavy atom. The second-order valence-corrected chi connectivity index (χ2v) is 8.68. The van der Waals surface area contributed by atoms with Crippen molar-refractivity contribution in [2.45, 2.75) is 13.0 Å². The maximum Gasteiger partial charge on any atom is 0.261 e. The quantitative estimate of drug-likeness (QED) is 0.293. The third kappa shape index (κ3) is 6.14. The van der Waals surface area contributed by atoms with Gasteiger partial charge in [0.05, 0.1) is 35.2 Å². The first-order valence-corrected chi connectivity index (χ1v) is 11.9. The number of aliphatic hydroxyl groups is 1. The average molecular weight is 491 g/mol. The molecule has 0 saturated heterocycles. The highest BCUT2D eigenvalue weighted by Gasteiger charge is 2.15. The van der Waals surface area contributed by atoms with Crippen molar-refractivity contribution < 1.29 is 19.4 Å². The normalized spacial score (nSPS) is 11.5. The van der Waals surface area contributed by atoms with Gasteiger partial charge in [0.2, 0.25) is 5.95 Å². The minimum atomic E-state index is -0.126. The van der Waals surface area contributed by atoms with Crippen LogP contribution in [0.1, 0.15) is 28.2 Å². The molecule has 3 N–H and O–H groups in total. The molecule has 0 unspecified atom stereocenters. The van der Waals surface area contributed by atoms with Crippen molar-refractivity contribution in [2.24, 2.45) is 0 Å². The van der Waals surface area contributed by atoms with Crippen molar-refractivity contribution in [3.8, 4) is 22.1 Å². The van der Waals surface area contributed by atoms with Gasteiger partial charge in [0, 0.05) is 18.0 Å². The number of ether oxygens (including phenoxy) is 2. The summed E-state index contributed by atoms with van der Waals surface area (Å²) in [5, 5.41) is 15.2. The highest BCUT2D eigenvalue weighted by molar-refractivity contribution is 7.17. The van der Waals surface area contributed by atoms with Crippen LogP contribution in [-0.2, 0) is 0 Å². The number of thiophene rings is 1. The van der Waals surface area contributed by atoms with Gasteiger partial charge in [-0.15, -0.1) is 11.3 Å². The lowest BCUT2D eigenvalue weighted by Crippen LogP contribution is -2.25. The van der Waals surface area contributed by atoms with Crippen LogP contribution in [0, 0.1) is 0 Å². The van der Waals surface area contributed by atoms with Crippen LogP contribution in [-0.4, -0.2) is 41.3 Å². The van der Waals surface area contributed by atoms with E-state index in [1.54, 1.807) is 37.6 Å². The third-order valence-corrected chi connectivity index (χ3v) is 6.26. The van der Waals surface area contributed by atoms with E-state index in [4.69, 9.17) is 14.6 Å². The molecular weight excluding hydrogens is 464 g/mol. The Hall–Kier alpha value is -3.95. The van der Waals surface area contributed by atoms with Crippen LogP contribution in [0.2, 0.25) is 0 Å². The lowest BCUT2D eigenvalue weighted by molar-refractivity contribution is 0.0944. The number of methoxy groups -OCH3 is 1. The van der Waals surface area contributed by atoms with Crippen LogP contribution in [0.25, 0.3) is 10.6 Å². The molecule has 0 fully saturated rings. The van der Waals surface area contributed by atoms with E-state index in [0.717, 1.165) is 10.4 Å². The molecule has 2 heterocycles. The van der Waals surface area contributed by atoms with Crippen LogP contribution in [0.4, 0.5) is 11.6 Å². The molecule has 0 aliphatic carbocycles. The molecule has 4 rings (SSSR count). The molecule has 4 aromatic rings. The smallest absolute Gasteiger partial charge is 0.261 e. The van der Waals surface area contributed by atoms with Gasteiger partial charge in [-0.25, -0.2) is 9.97 Å². The molecule has 9 heteroatoms.